The predicted molar refractivity (Wildman–Crippen MR) is 164 cm³/mol. The quantitative estimate of drug-likeness (QED) is 0.244. The van der Waals surface area contributed by atoms with Crippen LogP contribution in [0.15, 0.2) is 72.9 Å². The third-order valence-corrected chi connectivity index (χ3v) is 8.94. The number of para-hydroxylation sites is 1. The normalized spacial score (nSPS) is 17.1. The first-order chi connectivity index (χ1) is 20.0. The number of aromatic nitrogens is 1. The summed E-state index contributed by atoms with van der Waals surface area (Å²) < 4.78 is 0. The van der Waals surface area contributed by atoms with E-state index in [9.17, 15) is 9.59 Å². The van der Waals surface area contributed by atoms with E-state index in [1.54, 1.807) is 0 Å². The Morgan fingerprint density at radius 2 is 1.76 bits per heavy atom. The Balaban J connectivity index is 1.20. The van der Waals surface area contributed by atoms with Crippen molar-refractivity contribution in [3.05, 3.63) is 101 Å². The highest BCUT2D eigenvalue weighted by atomic mass is 16.2. The van der Waals surface area contributed by atoms with Crippen molar-refractivity contribution >= 4 is 28.5 Å². The Hall–Kier alpha value is -4.10. The minimum atomic E-state index is -0.745. The molecule has 4 N–H and O–H groups in total. The zero-order valence-corrected chi connectivity index (χ0v) is 23.9. The van der Waals surface area contributed by atoms with Crippen molar-refractivity contribution < 1.29 is 9.59 Å². The second-order valence-electron chi connectivity index (χ2n) is 11.5. The molecule has 0 radical (unpaired) electrons. The summed E-state index contributed by atoms with van der Waals surface area (Å²) in [6, 6.07) is 21.8. The third kappa shape index (κ3) is 5.72. The van der Waals surface area contributed by atoms with Gasteiger partial charge in [0.15, 0.2) is 0 Å². The standard InChI is InChI=1S/C34H39N5O2/c1-22-7-3-4-8-28(22)25-14-17-39(18-15-25)34(41)38-32(23(2)30-21-36-31-10-6-5-9-29(30)31)33(40)37-27-12-11-24-13-16-35-20-26(24)19-27/h3-12,19,21,23,25,32,35-36H,13-18,20H2,1-2H3,(H,37,40)(H,38,41)/t23-,32+/m0/s1. The van der Waals surface area contributed by atoms with Crippen molar-refractivity contribution in [1.82, 2.24) is 20.5 Å². The average molecular weight is 550 g/mol. The van der Waals surface area contributed by atoms with E-state index in [0.717, 1.165) is 54.5 Å². The molecule has 3 amide bonds. The Labute approximate surface area is 241 Å². The van der Waals surface area contributed by atoms with Crippen molar-refractivity contribution in [2.45, 2.75) is 57.5 Å². The number of rotatable bonds is 6. The number of hydrogen-bond acceptors (Lipinski definition) is 3. The second kappa shape index (κ2) is 11.8. The number of fused-ring (bicyclic) bond motifs is 2. The van der Waals surface area contributed by atoms with Crippen LogP contribution in [-0.2, 0) is 17.8 Å². The molecular formula is C34H39N5O2. The lowest BCUT2D eigenvalue weighted by Gasteiger charge is -2.34. The van der Waals surface area contributed by atoms with Gasteiger partial charge in [0.05, 0.1) is 0 Å². The molecule has 2 aliphatic rings. The van der Waals surface area contributed by atoms with Crippen LogP contribution in [0.5, 0.6) is 0 Å². The highest BCUT2D eigenvalue weighted by Crippen LogP contribution is 2.31. The summed E-state index contributed by atoms with van der Waals surface area (Å²) in [5.74, 6) is -0.0171. The zero-order chi connectivity index (χ0) is 28.3. The molecule has 1 saturated heterocycles. The van der Waals surface area contributed by atoms with Crippen LogP contribution < -0.4 is 16.0 Å². The lowest BCUT2D eigenvalue weighted by atomic mass is 9.87. The molecule has 0 saturated carbocycles. The van der Waals surface area contributed by atoms with Crippen LogP contribution in [0.1, 0.15) is 59.4 Å². The molecule has 41 heavy (non-hydrogen) atoms. The van der Waals surface area contributed by atoms with Crippen molar-refractivity contribution in [3.8, 4) is 0 Å². The number of piperidine rings is 1. The van der Waals surface area contributed by atoms with Crippen LogP contribution in [0.25, 0.3) is 10.9 Å². The van der Waals surface area contributed by atoms with E-state index in [2.05, 4.69) is 64.3 Å². The molecule has 212 valence electrons. The Kier molecular flexibility index (Phi) is 7.79. The summed E-state index contributed by atoms with van der Waals surface area (Å²) in [5.41, 5.74) is 7.97. The van der Waals surface area contributed by atoms with E-state index in [0.29, 0.717) is 19.0 Å². The van der Waals surface area contributed by atoms with Crippen molar-refractivity contribution in [1.29, 1.82) is 0 Å². The van der Waals surface area contributed by atoms with E-state index in [1.807, 2.05) is 48.4 Å². The molecule has 1 fully saturated rings. The predicted octanol–water partition coefficient (Wildman–Crippen LogP) is 5.82. The van der Waals surface area contributed by atoms with E-state index in [-0.39, 0.29) is 17.9 Å². The summed E-state index contributed by atoms with van der Waals surface area (Å²) >= 11 is 0. The second-order valence-corrected chi connectivity index (χ2v) is 11.5. The number of carbonyl (C=O) groups is 2. The maximum atomic E-state index is 13.9. The van der Waals surface area contributed by atoms with Crippen LogP contribution in [-0.4, -0.2) is 47.5 Å². The smallest absolute Gasteiger partial charge is 0.318 e. The maximum Gasteiger partial charge on any atom is 0.318 e. The van der Waals surface area contributed by atoms with Crippen molar-refractivity contribution in [3.63, 3.8) is 0 Å². The molecule has 0 bridgehead atoms. The Morgan fingerprint density at radius 3 is 2.59 bits per heavy atom. The Bertz CT molecular complexity index is 1550. The molecule has 7 heteroatoms. The lowest BCUT2D eigenvalue weighted by Crippen LogP contribution is -2.53. The van der Waals surface area contributed by atoms with Gasteiger partial charge in [-0.3, -0.25) is 4.79 Å². The monoisotopic (exact) mass is 549 g/mol. The summed E-state index contributed by atoms with van der Waals surface area (Å²) in [7, 11) is 0. The van der Waals surface area contributed by atoms with Gasteiger partial charge in [-0.25, -0.2) is 4.79 Å². The highest BCUT2D eigenvalue weighted by molar-refractivity contribution is 5.98. The number of anilines is 1. The van der Waals surface area contributed by atoms with Crippen LogP contribution in [0.4, 0.5) is 10.5 Å². The number of benzene rings is 3. The first-order valence-electron chi connectivity index (χ1n) is 14.8. The Morgan fingerprint density at radius 1 is 0.976 bits per heavy atom. The molecule has 0 spiro atoms. The molecule has 2 aliphatic heterocycles. The zero-order valence-electron chi connectivity index (χ0n) is 23.9. The average Bonchev–Trinajstić information content (AvgIpc) is 3.44. The first kappa shape index (κ1) is 27.1. The number of aryl methyl sites for hydroxylation is 1. The van der Waals surface area contributed by atoms with Crippen molar-refractivity contribution in [2.75, 3.05) is 25.0 Å². The molecule has 0 aliphatic carbocycles. The van der Waals surface area contributed by atoms with Gasteiger partial charge in [0.1, 0.15) is 6.04 Å². The van der Waals surface area contributed by atoms with Crippen LogP contribution in [0.3, 0.4) is 0 Å². The molecule has 1 aromatic heterocycles. The van der Waals surface area contributed by atoms with Crippen molar-refractivity contribution in [2.24, 2.45) is 0 Å². The molecule has 7 nitrogen and oxygen atoms in total. The fraction of sp³-hybridized carbons (Fsp3) is 0.353. The van der Waals surface area contributed by atoms with Crippen LogP contribution in [0.2, 0.25) is 0 Å². The van der Waals surface area contributed by atoms with Gasteiger partial charge < -0.3 is 25.8 Å². The lowest BCUT2D eigenvalue weighted by molar-refractivity contribution is -0.118. The van der Waals surface area contributed by atoms with Gasteiger partial charge in [0.25, 0.3) is 0 Å². The van der Waals surface area contributed by atoms with Gasteiger partial charge in [-0.2, -0.15) is 0 Å². The molecular weight excluding hydrogens is 510 g/mol. The van der Waals surface area contributed by atoms with Gasteiger partial charge in [-0.05, 0) is 84.7 Å². The number of carbonyl (C=O) groups excluding carboxylic acids is 2. The van der Waals surface area contributed by atoms with E-state index in [1.165, 1.54) is 22.3 Å². The topological polar surface area (TPSA) is 89.3 Å². The molecule has 4 aromatic rings. The number of hydrogen-bond donors (Lipinski definition) is 4. The fourth-order valence-corrected chi connectivity index (χ4v) is 6.51. The first-order valence-corrected chi connectivity index (χ1v) is 14.8. The number of amides is 3. The number of urea groups is 1. The number of aromatic amines is 1. The summed E-state index contributed by atoms with van der Waals surface area (Å²) in [4.78, 5) is 32.7. The van der Waals surface area contributed by atoms with Crippen LogP contribution in [0, 0.1) is 6.92 Å². The molecule has 3 heterocycles. The minimum Gasteiger partial charge on any atom is -0.361 e. The van der Waals surface area contributed by atoms with Gasteiger partial charge in [-0.1, -0.05) is 55.5 Å². The summed E-state index contributed by atoms with van der Waals surface area (Å²) in [5, 5.41) is 10.7. The van der Waals surface area contributed by atoms with Gasteiger partial charge >= 0.3 is 6.03 Å². The molecule has 2 atom stereocenters. The SMILES string of the molecule is Cc1ccccc1C1CCN(C(=O)N[C@@H](C(=O)Nc2ccc3c(c2)CNCC3)[C@@H](C)c2c[nH]c3ccccc23)CC1. The van der Waals surface area contributed by atoms with Gasteiger partial charge in [0, 0.05) is 48.3 Å². The molecule has 0 unspecified atom stereocenters. The largest absolute Gasteiger partial charge is 0.361 e. The van der Waals surface area contributed by atoms with E-state index >= 15 is 0 Å². The molecule has 3 aromatic carbocycles. The highest BCUT2D eigenvalue weighted by Gasteiger charge is 2.33. The number of H-pyrrole nitrogens is 1. The number of nitrogens with zero attached hydrogens (tertiary/aromatic N) is 1. The van der Waals surface area contributed by atoms with E-state index < -0.39 is 6.04 Å². The summed E-state index contributed by atoms with van der Waals surface area (Å²) in [6.45, 7) is 7.27. The number of nitrogens with one attached hydrogen (secondary N) is 4. The van der Waals surface area contributed by atoms with E-state index in [4.69, 9.17) is 0 Å². The number of likely N-dealkylation sites (tertiary alicyclic amines) is 1. The molecule has 6 rings (SSSR count). The minimum absolute atomic E-state index is 0.185. The van der Waals surface area contributed by atoms with Gasteiger partial charge in [0.2, 0.25) is 5.91 Å². The van der Waals surface area contributed by atoms with Gasteiger partial charge in [-0.15, -0.1) is 0 Å². The maximum absolute atomic E-state index is 13.9. The third-order valence-electron chi connectivity index (χ3n) is 8.94. The van der Waals surface area contributed by atoms with Crippen LogP contribution >= 0.6 is 0 Å². The fourth-order valence-electron chi connectivity index (χ4n) is 6.51. The summed E-state index contributed by atoms with van der Waals surface area (Å²) in [6.07, 6.45) is 4.77.